The largest absolute Gasteiger partial charge is 0.481 e. The van der Waals surface area contributed by atoms with Crippen LogP contribution in [0.5, 0.6) is 5.75 Å². The minimum atomic E-state index is -0.911. The van der Waals surface area contributed by atoms with Gasteiger partial charge in [0.1, 0.15) is 11.3 Å². The molecule has 1 saturated heterocycles. The number of carbonyl (C=O) groups excluding carboxylic acids is 4. The smallest absolute Gasteiger partial charge is 0.335 e. The Morgan fingerprint density at radius 1 is 1.03 bits per heavy atom. The van der Waals surface area contributed by atoms with Gasteiger partial charge in [0.2, 0.25) is 0 Å². The predicted molar refractivity (Wildman–Crippen MR) is 153 cm³/mol. The molecule has 38 heavy (non-hydrogen) atoms. The van der Waals surface area contributed by atoms with Crippen LogP contribution in [-0.4, -0.2) is 30.4 Å². The number of anilines is 2. The van der Waals surface area contributed by atoms with Crippen molar-refractivity contribution in [2.24, 2.45) is 0 Å². The highest BCUT2D eigenvalue weighted by Gasteiger charge is 2.37. The van der Waals surface area contributed by atoms with E-state index in [1.165, 1.54) is 24.3 Å². The fraction of sp³-hybridized carbons (Fsp3) is 0.0769. The summed E-state index contributed by atoms with van der Waals surface area (Å²) in [6.07, 6.45) is 1.33. The van der Waals surface area contributed by atoms with Gasteiger partial charge in [0.05, 0.1) is 24.7 Å². The van der Waals surface area contributed by atoms with E-state index in [9.17, 15) is 19.2 Å². The lowest BCUT2D eigenvalue weighted by atomic mass is 10.1. The molecule has 0 saturated carbocycles. The summed E-state index contributed by atoms with van der Waals surface area (Å²) >= 11 is 18.8. The first-order valence-corrected chi connectivity index (χ1v) is 13.2. The van der Waals surface area contributed by atoms with Crippen LogP contribution in [-0.2, 0) is 14.4 Å². The van der Waals surface area contributed by atoms with Gasteiger partial charge in [-0.2, -0.15) is 0 Å². The Bertz CT molecular complexity index is 1500. The first-order chi connectivity index (χ1) is 18.0. The monoisotopic (exact) mass is 679 g/mol. The molecule has 12 heteroatoms. The third-order valence-corrected chi connectivity index (χ3v) is 7.16. The molecule has 4 rings (SSSR count). The van der Waals surface area contributed by atoms with Gasteiger partial charge in [0.15, 0.2) is 6.61 Å². The Labute approximate surface area is 244 Å². The Balaban J connectivity index is 1.53. The standard InChI is InChI=1S/C26H17Br2Cl2N3O5/c1-13-3-2-4-15(7-13)31-22(34)12-38-23-18(27)9-14(10-19(23)28)8-17-24(35)32-26(37)33(25(17)36)16-5-6-20(29)21(30)11-16/h2-11H,12H2,1H3,(H,31,34)(H,32,35,37)/b17-8-. The third-order valence-electron chi connectivity index (χ3n) is 5.24. The van der Waals surface area contributed by atoms with Crippen molar-refractivity contribution in [2.75, 3.05) is 16.8 Å². The van der Waals surface area contributed by atoms with Crippen molar-refractivity contribution >= 4 is 96.3 Å². The number of ether oxygens (including phenoxy) is 1. The van der Waals surface area contributed by atoms with E-state index in [1.807, 2.05) is 25.1 Å². The van der Waals surface area contributed by atoms with Crippen molar-refractivity contribution in [2.45, 2.75) is 6.92 Å². The number of hydrogen-bond donors (Lipinski definition) is 2. The first kappa shape index (κ1) is 27.8. The molecule has 0 radical (unpaired) electrons. The SMILES string of the molecule is Cc1cccc(NC(=O)COc2c(Br)cc(/C=C3/C(=O)NC(=O)N(c4ccc(Cl)c(Cl)c4)C3=O)cc2Br)c1. The van der Waals surface area contributed by atoms with E-state index in [-0.39, 0.29) is 33.8 Å². The number of imide groups is 2. The average Bonchev–Trinajstić information content (AvgIpc) is 2.83. The van der Waals surface area contributed by atoms with Gasteiger partial charge in [-0.15, -0.1) is 0 Å². The molecule has 0 aromatic heterocycles. The number of rotatable bonds is 6. The Morgan fingerprint density at radius 3 is 2.39 bits per heavy atom. The zero-order valence-corrected chi connectivity index (χ0v) is 24.2. The maximum atomic E-state index is 13.1. The van der Waals surface area contributed by atoms with Crippen molar-refractivity contribution in [1.82, 2.24) is 5.32 Å². The highest BCUT2D eigenvalue weighted by molar-refractivity contribution is 9.11. The molecule has 1 heterocycles. The number of hydrogen-bond acceptors (Lipinski definition) is 5. The van der Waals surface area contributed by atoms with Crippen molar-refractivity contribution in [3.05, 3.63) is 90.3 Å². The first-order valence-electron chi connectivity index (χ1n) is 10.9. The summed E-state index contributed by atoms with van der Waals surface area (Å²) in [6.45, 7) is 1.66. The highest BCUT2D eigenvalue weighted by atomic mass is 79.9. The number of carbonyl (C=O) groups is 4. The molecular formula is C26H17Br2Cl2N3O5. The van der Waals surface area contributed by atoms with Gasteiger partial charge < -0.3 is 10.1 Å². The van der Waals surface area contributed by atoms with Crippen LogP contribution in [0.25, 0.3) is 6.08 Å². The number of benzene rings is 3. The number of amides is 5. The van der Waals surface area contributed by atoms with Gasteiger partial charge >= 0.3 is 6.03 Å². The van der Waals surface area contributed by atoms with Gasteiger partial charge in [0, 0.05) is 5.69 Å². The van der Waals surface area contributed by atoms with Crippen molar-refractivity contribution in [1.29, 1.82) is 0 Å². The predicted octanol–water partition coefficient (Wildman–Crippen LogP) is 6.51. The van der Waals surface area contributed by atoms with E-state index < -0.39 is 17.8 Å². The van der Waals surface area contributed by atoms with E-state index >= 15 is 0 Å². The van der Waals surface area contributed by atoms with Crippen LogP contribution in [0, 0.1) is 6.92 Å². The fourth-order valence-corrected chi connectivity index (χ4v) is 5.28. The van der Waals surface area contributed by atoms with Crippen LogP contribution >= 0.6 is 55.1 Å². The molecule has 194 valence electrons. The van der Waals surface area contributed by atoms with Gasteiger partial charge in [-0.25, -0.2) is 9.69 Å². The summed E-state index contributed by atoms with van der Waals surface area (Å²) in [5.74, 6) is -1.69. The van der Waals surface area contributed by atoms with Crippen LogP contribution in [0.3, 0.4) is 0 Å². The maximum Gasteiger partial charge on any atom is 0.335 e. The normalized spacial score (nSPS) is 14.5. The lowest BCUT2D eigenvalue weighted by Crippen LogP contribution is -2.54. The maximum absolute atomic E-state index is 13.1. The van der Waals surface area contributed by atoms with Gasteiger partial charge in [0.25, 0.3) is 17.7 Å². The Kier molecular flexibility index (Phi) is 8.57. The van der Waals surface area contributed by atoms with E-state index in [1.54, 1.807) is 18.2 Å². The average molecular weight is 682 g/mol. The summed E-state index contributed by atoms with van der Waals surface area (Å²) in [6, 6.07) is 13.9. The molecule has 0 atom stereocenters. The summed E-state index contributed by atoms with van der Waals surface area (Å²) in [5.41, 5.74) is 1.98. The van der Waals surface area contributed by atoms with E-state index in [2.05, 4.69) is 42.5 Å². The summed E-state index contributed by atoms with van der Waals surface area (Å²) < 4.78 is 6.60. The topological polar surface area (TPSA) is 105 Å². The summed E-state index contributed by atoms with van der Waals surface area (Å²) in [4.78, 5) is 51.2. The minimum Gasteiger partial charge on any atom is -0.481 e. The number of barbiturate groups is 1. The second-order valence-electron chi connectivity index (χ2n) is 8.08. The van der Waals surface area contributed by atoms with Crippen molar-refractivity contribution < 1.29 is 23.9 Å². The van der Waals surface area contributed by atoms with Gasteiger partial charge in [-0.3, -0.25) is 19.7 Å². The minimum absolute atomic E-state index is 0.142. The molecule has 5 amide bonds. The molecular weight excluding hydrogens is 665 g/mol. The quantitative estimate of drug-likeness (QED) is 0.228. The molecule has 2 N–H and O–H groups in total. The number of halogens is 4. The molecule has 0 spiro atoms. The molecule has 1 aliphatic rings. The lowest BCUT2D eigenvalue weighted by Gasteiger charge is -2.26. The van der Waals surface area contributed by atoms with E-state index in [0.717, 1.165) is 10.5 Å². The molecule has 0 unspecified atom stereocenters. The highest BCUT2D eigenvalue weighted by Crippen LogP contribution is 2.36. The Hall–Kier alpha value is -3.18. The second-order valence-corrected chi connectivity index (χ2v) is 10.6. The zero-order valence-electron chi connectivity index (χ0n) is 19.5. The lowest BCUT2D eigenvalue weighted by molar-refractivity contribution is -0.122. The van der Waals surface area contributed by atoms with Crippen LogP contribution in [0.15, 0.2) is 69.1 Å². The van der Waals surface area contributed by atoms with Crippen molar-refractivity contribution in [3.63, 3.8) is 0 Å². The molecule has 0 aliphatic carbocycles. The molecule has 3 aromatic rings. The molecule has 8 nitrogen and oxygen atoms in total. The molecule has 1 aliphatic heterocycles. The van der Waals surface area contributed by atoms with Gasteiger partial charge in [-0.1, -0.05) is 35.3 Å². The summed E-state index contributed by atoms with van der Waals surface area (Å²) in [7, 11) is 0. The van der Waals surface area contributed by atoms with Gasteiger partial charge in [-0.05, 0) is 98.5 Å². The number of nitrogens with zero attached hydrogens (tertiary/aromatic N) is 1. The van der Waals surface area contributed by atoms with Crippen LogP contribution < -0.4 is 20.3 Å². The Morgan fingerprint density at radius 2 is 1.74 bits per heavy atom. The van der Waals surface area contributed by atoms with Crippen LogP contribution in [0.2, 0.25) is 10.0 Å². The van der Waals surface area contributed by atoms with Crippen LogP contribution in [0.1, 0.15) is 11.1 Å². The number of urea groups is 1. The molecule has 1 fully saturated rings. The van der Waals surface area contributed by atoms with E-state index in [4.69, 9.17) is 27.9 Å². The molecule has 0 bridgehead atoms. The van der Waals surface area contributed by atoms with Crippen LogP contribution in [0.4, 0.5) is 16.2 Å². The van der Waals surface area contributed by atoms with E-state index in [0.29, 0.717) is 25.9 Å². The number of aryl methyl sites for hydroxylation is 1. The third kappa shape index (κ3) is 6.27. The zero-order chi connectivity index (χ0) is 27.6. The molecule has 3 aromatic carbocycles. The second kappa shape index (κ2) is 11.7. The van der Waals surface area contributed by atoms with Crippen molar-refractivity contribution in [3.8, 4) is 5.75 Å². The summed E-state index contributed by atoms with van der Waals surface area (Å²) in [5, 5.41) is 5.30. The fourth-order valence-electron chi connectivity index (χ4n) is 3.54. The number of nitrogens with one attached hydrogen (secondary N) is 2.